The Morgan fingerprint density at radius 1 is 1.21 bits per heavy atom. The van der Waals surface area contributed by atoms with Crippen LogP contribution < -0.4 is 10.1 Å². The summed E-state index contributed by atoms with van der Waals surface area (Å²) in [5.74, 6) is 0.759. The van der Waals surface area contributed by atoms with Crippen LogP contribution in [0.1, 0.15) is 25.8 Å². The number of nitrogens with one attached hydrogen (secondary N) is 1. The van der Waals surface area contributed by atoms with Gasteiger partial charge in [-0.1, -0.05) is 32.4 Å². The highest BCUT2D eigenvalue weighted by atomic mass is 79.9. The summed E-state index contributed by atoms with van der Waals surface area (Å²) in [4.78, 5) is 0. The first-order valence-corrected chi connectivity index (χ1v) is 7.54. The molecule has 6 heteroatoms. The lowest BCUT2D eigenvalue weighted by molar-refractivity contribution is 0.423. The number of halogens is 1. The van der Waals surface area contributed by atoms with Crippen molar-refractivity contribution in [3.05, 3.63) is 33.7 Å². The second-order valence-corrected chi connectivity index (χ2v) is 7.06. The second kappa shape index (κ2) is 5.98. The van der Waals surface area contributed by atoms with Crippen LogP contribution in [-0.2, 0) is 6.54 Å². The van der Waals surface area contributed by atoms with Gasteiger partial charge in [-0.25, -0.2) is 0 Å². The number of aromatic nitrogens is 2. The van der Waals surface area contributed by atoms with Crippen LogP contribution in [0.25, 0.3) is 0 Å². The first-order chi connectivity index (χ1) is 8.92. The van der Waals surface area contributed by atoms with Crippen molar-refractivity contribution < 1.29 is 4.74 Å². The number of rotatable bonds is 4. The monoisotopic (exact) mass is 341 g/mol. The van der Waals surface area contributed by atoms with Gasteiger partial charge in [0, 0.05) is 10.0 Å². The average Bonchev–Trinajstić information content (AvgIpc) is 2.77. The fraction of sp³-hybridized carbons (Fsp3) is 0.385. The molecule has 0 aliphatic heterocycles. The van der Waals surface area contributed by atoms with Gasteiger partial charge in [0.25, 0.3) is 5.19 Å². The topological polar surface area (TPSA) is 47.0 Å². The predicted molar refractivity (Wildman–Crippen MR) is 80.7 cm³/mol. The lowest BCUT2D eigenvalue weighted by atomic mass is 10.1. The molecule has 2 aromatic rings. The molecule has 0 radical (unpaired) electrons. The van der Waals surface area contributed by atoms with Crippen molar-refractivity contribution in [2.24, 2.45) is 0 Å². The molecule has 0 atom stereocenters. The number of nitrogens with zero attached hydrogens (tertiary/aromatic N) is 2. The van der Waals surface area contributed by atoms with Crippen LogP contribution in [0.15, 0.2) is 28.7 Å². The zero-order valence-corrected chi connectivity index (χ0v) is 13.5. The molecule has 1 heterocycles. The van der Waals surface area contributed by atoms with Crippen molar-refractivity contribution >= 4 is 27.3 Å². The van der Waals surface area contributed by atoms with E-state index in [0.717, 1.165) is 15.2 Å². The third-order valence-electron chi connectivity index (χ3n) is 2.24. The third-order valence-corrected chi connectivity index (χ3v) is 3.57. The molecule has 0 amide bonds. The lowest BCUT2D eigenvalue weighted by Crippen LogP contribution is -2.35. The van der Waals surface area contributed by atoms with Gasteiger partial charge in [0.05, 0.1) is 6.54 Å². The van der Waals surface area contributed by atoms with Gasteiger partial charge < -0.3 is 10.1 Å². The molecule has 1 aromatic carbocycles. The lowest BCUT2D eigenvalue weighted by Gasteiger charge is -2.19. The largest absolute Gasteiger partial charge is 0.430 e. The molecule has 0 spiro atoms. The zero-order valence-electron chi connectivity index (χ0n) is 11.1. The van der Waals surface area contributed by atoms with Crippen molar-refractivity contribution in [1.29, 1.82) is 0 Å². The minimum Gasteiger partial charge on any atom is -0.430 e. The van der Waals surface area contributed by atoms with Crippen LogP contribution in [0, 0.1) is 0 Å². The van der Waals surface area contributed by atoms with Crippen molar-refractivity contribution in [3.8, 4) is 10.9 Å². The van der Waals surface area contributed by atoms with Gasteiger partial charge in [0.15, 0.2) is 0 Å². The molecule has 2 rings (SSSR count). The van der Waals surface area contributed by atoms with Gasteiger partial charge in [0.2, 0.25) is 0 Å². The second-order valence-electron chi connectivity index (χ2n) is 5.12. The molecule has 1 aromatic heterocycles. The molecule has 4 nitrogen and oxygen atoms in total. The maximum absolute atomic E-state index is 5.64. The highest BCUT2D eigenvalue weighted by Crippen LogP contribution is 2.26. The van der Waals surface area contributed by atoms with E-state index in [0.29, 0.717) is 11.7 Å². The van der Waals surface area contributed by atoms with E-state index in [1.807, 2.05) is 24.3 Å². The molecule has 0 saturated heterocycles. The van der Waals surface area contributed by atoms with E-state index in [9.17, 15) is 0 Å². The number of benzene rings is 1. The number of hydrogen-bond acceptors (Lipinski definition) is 5. The molecule has 0 aliphatic carbocycles. The van der Waals surface area contributed by atoms with E-state index in [1.54, 1.807) is 0 Å². The van der Waals surface area contributed by atoms with Crippen LogP contribution in [-0.4, -0.2) is 15.7 Å². The highest BCUT2D eigenvalue weighted by molar-refractivity contribution is 9.10. The molecule has 1 N–H and O–H groups in total. The van der Waals surface area contributed by atoms with Crippen LogP contribution >= 0.6 is 27.3 Å². The summed E-state index contributed by atoms with van der Waals surface area (Å²) in [6.07, 6.45) is 0. The van der Waals surface area contributed by atoms with Gasteiger partial charge in [-0.05, 0) is 45.0 Å². The molecule has 0 saturated carbocycles. The molecule has 19 heavy (non-hydrogen) atoms. The van der Waals surface area contributed by atoms with Crippen LogP contribution in [0.2, 0.25) is 0 Å². The Hall–Kier alpha value is -0.980. The Morgan fingerprint density at radius 3 is 2.53 bits per heavy atom. The Balaban J connectivity index is 1.95. The summed E-state index contributed by atoms with van der Waals surface area (Å²) >= 11 is 4.84. The smallest absolute Gasteiger partial charge is 0.299 e. The maximum Gasteiger partial charge on any atom is 0.299 e. The van der Waals surface area contributed by atoms with Crippen molar-refractivity contribution in [2.45, 2.75) is 32.9 Å². The van der Waals surface area contributed by atoms with Gasteiger partial charge in [-0.3, -0.25) is 0 Å². The van der Waals surface area contributed by atoms with Crippen molar-refractivity contribution in [1.82, 2.24) is 15.5 Å². The summed E-state index contributed by atoms with van der Waals surface area (Å²) in [6, 6.07) is 7.63. The van der Waals surface area contributed by atoms with Gasteiger partial charge in [0.1, 0.15) is 10.8 Å². The molecular formula is C13H16BrN3OS. The molecule has 102 valence electrons. The minimum absolute atomic E-state index is 0.0679. The SMILES string of the molecule is CC(C)(C)NCc1nnc(Oc2ccc(Br)cc2)s1. The molecular weight excluding hydrogens is 326 g/mol. The summed E-state index contributed by atoms with van der Waals surface area (Å²) in [5, 5.41) is 13.0. The summed E-state index contributed by atoms with van der Waals surface area (Å²) < 4.78 is 6.66. The molecule has 0 bridgehead atoms. The molecule has 0 unspecified atom stereocenters. The third kappa shape index (κ3) is 4.89. The Bertz CT molecular complexity index is 534. The Morgan fingerprint density at radius 2 is 1.89 bits per heavy atom. The Labute approximate surface area is 125 Å². The van der Waals surface area contributed by atoms with E-state index < -0.39 is 0 Å². The first kappa shape index (κ1) is 14.4. The van der Waals surface area contributed by atoms with Gasteiger partial charge in [-0.15, -0.1) is 5.10 Å². The van der Waals surface area contributed by atoms with E-state index in [-0.39, 0.29) is 5.54 Å². The van der Waals surface area contributed by atoms with Crippen LogP contribution in [0.3, 0.4) is 0 Å². The van der Waals surface area contributed by atoms with Gasteiger partial charge in [-0.2, -0.15) is 0 Å². The standard InChI is InChI=1S/C13H16BrN3OS/c1-13(2,3)15-8-11-16-17-12(19-11)18-10-6-4-9(14)5-7-10/h4-7,15H,8H2,1-3H3. The van der Waals surface area contributed by atoms with Crippen molar-refractivity contribution in [2.75, 3.05) is 0 Å². The van der Waals surface area contributed by atoms with Crippen LogP contribution in [0.4, 0.5) is 0 Å². The fourth-order valence-corrected chi connectivity index (χ4v) is 2.21. The average molecular weight is 342 g/mol. The number of ether oxygens (including phenoxy) is 1. The van der Waals surface area contributed by atoms with E-state index in [1.165, 1.54) is 11.3 Å². The number of hydrogen-bond donors (Lipinski definition) is 1. The van der Waals surface area contributed by atoms with Crippen molar-refractivity contribution in [3.63, 3.8) is 0 Å². The zero-order chi connectivity index (χ0) is 13.9. The molecule has 0 aliphatic rings. The highest BCUT2D eigenvalue weighted by Gasteiger charge is 2.11. The summed E-state index contributed by atoms with van der Waals surface area (Å²) in [7, 11) is 0. The van der Waals surface area contributed by atoms with E-state index >= 15 is 0 Å². The normalized spacial score (nSPS) is 11.6. The summed E-state index contributed by atoms with van der Waals surface area (Å²) in [5.41, 5.74) is 0.0679. The minimum atomic E-state index is 0.0679. The first-order valence-electron chi connectivity index (χ1n) is 5.93. The fourth-order valence-electron chi connectivity index (χ4n) is 1.30. The predicted octanol–water partition coefficient (Wildman–Crippen LogP) is 3.98. The van der Waals surface area contributed by atoms with E-state index in [2.05, 4.69) is 52.2 Å². The summed E-state index contributed by atoms with van der Waals surface area (Å²) in [6.45, 7) is 7.05. The van der Waals surface area contributed by atoms with E-state index in [4.69, 9.17) is 4.74 Å². The van der Waals surface area contributed by atoms with Gasteiger partial charge >= 0.3 is 0 Å². The van der Waals surface area contributed by atoms with Crippen LogP contribution in [0.5, 0.6) is 10.9 Å². The Kier molecular flexibility index (Phi) is 4.54. The maximum atomic E-state index is 5.64. The molecule has 0 fully saturated rings. The quantitative estimate of drug-likeness (QED) is 0.913.